The average molecular weight is 601 g/mol. The van der Waals surface area contributed by atoms with Gasteiger partial charge in [0.2, 0.25) is 18.1 Å². The fourth-order valence-corrected chi connectivity index (χ4v) is 9.27. The predicted octanol–water partition coefficient (Wildman–Crippen LogP) is 6.86. The van der Waals surface area contributed by atoms with Gasteiger partial charge in [0.05, 0.1) is 18.5 Å². The maximum atomic E-state index is 11.8. The molecule has 0 aromatic rings. The highest BCUT2D eigenvalue weighted by atomic mass is 32.2. The zero-order valence-electron chi connectivity index (χ0n) is 26.6. The quantitative estimate of drug-likeness (QED) is 0.0713. The molecule has 2 unspecified atom stereocenters. The number of rotatable bonds is 14. The fourth-order valence-electron chi connectivity index (χ4n) is 7.20. The van der Waals surface area contributed by atoms with Gasteiger partial charge >= 0.3 is 0 Å². The van der Waals surface area contributed by atoms with E-state index in [0.29, 0.717) is 23.7 Å². The van der Waals surface area contributed by atoms with Crippen molar-refractivity contribution in [2.75, 3.05) is 19.5 Å². The van der Waals surface area contributed by atoms with Crippen LogP contribution in [0.5, 0.6) is 0 Å². The molecule has 2 saturated carbocycles. The van der Waals surface area contributed by atoms with Gasteiger partial charge < -0.3 is 13.6 Å². The van der Waals surface area contributed by atoms with Crippen molar-refractivity contribution in [2.45, 2.75) is 124 Å². The summed E-state index contributed by atoms with van der Waals surface area (Å²) in [5, 5.41) is 0. The van der Waals surface area contributed by atoms with Gasteiger partial charge in [-0.1, -0.05) is 66.5 Å². The van der Waals surface area contributed by atoms with Gasteiger partial charge in [0.25, 0.3) is 10.1 Å². The second-order valence-corrected chi connectivity index (χ2v) is 20.8. The summed E-state index contributed by atoms with van der Waals surface area (Å²) in [4.78, 5) is 0. The first kappa shape index (κ1) is 33.5. The summed E-state index contributed by atoms with van der Waals surface area (Å²) in [5.41, 5.74) is -0.583. The predicted molar refractivity (Wildman–Crippen MR) is 163 cm³/mol. The molecule has 0 spiro atoms. The molecule has 1 saturated heterocycles. The van der Waals surface area contributed by atoms with E-state index >= 15 is 0 Å². The first-order valence-corrected chi connectivity index (χ1v) is 21.6. The summed E-state index contributed by atoms with van der Waals surface area (Å²) in [7, 11) is -5.12. The largest absolute Gasteiger partial charge is 0.417 e. The van der Waals surface area contributed by atoms with Crippen LogP contribution in [0, 0.1) is 34.5 Å². The van der Waals surface area contributed by atoms with Crippen LogP contribution in [0.25, 0.3) is 0 Å². The molecule has 0 aromatic heterocycles. The van der Waals surface area contributed by atoms with Crippen molar-refractivity contribution in [3.05, 3.63) is 12.2 Å². The van der Waals surface area contributed by atoms with Crippen LogP contribution < -0.4 is 0 Å². The summed E-state index contributed by atoms with van der Waals surface area (Å²) >= 11 is 0. The standard InChI is InChI=1S/C30H56O6SSi2/c1-27(2,3)22(15-13-12-14-18-34-38(8)9)16-17-23-24(28(4,5)6)20-30(36-39(10)11)25(23)19-29(26(30)35-29)21-33-37(7,31)32/h16-17,22-26H,12-15,18-21H2,1-11H3/b17-16+/t22-,23-,24+,25-,26?,29?,30-/m0/s1. The number of epoxide rings is 1. The number of fused-ring (bicyclic) bond motifs is 3. The first-order valence-electron chi connectivity index (χ1n) is 14.9. The molecule has 0 aromatic carbocycles. The minimum atomic E-state index is -3.53. The van der Waals surface area contributed by atoms with Crippen molar-refractivity contribution in [3.63, 3.8) is 0 Å². The zero-order valence-corrected chi connectivity index (χ0v) is 29.4. The maximum Gasteiger partial charge on any atom is 0.264 e. The SMILES string of the molecule is C[Si](C)OCCCCC[C@@H](/C=C/[C@H]1[C@H](C(C)(C)C)C[C@@]2(O[Si](C)C)C3OC3(COS(C)(=O)=O)C[C@@H]12)C(C)(C)C. The van der Waals surface area contributed by atoms with Gasteiger partial charge in [-0.25, -0.2) is 0 Å². The van der Waals surface area contributed by atoms with Crippen LogP contribution in [0.3, 0.4) is 0 Å². The monoisotopic (exact) mass is 600 g/mol. The van der Waals surface area contributed by atoms with E-state index in [-0.39, 0.29) is 29.1 Å². The summed E-state index contributed by atoms with van der Waals surface area (Å²) in [6.07, 6.45) is 12.6. The molecule has 2 aliphatic carbocycles. The van der Waals surface area contributed by atoms with E-state index in [1.54, 1.807) is 0 Å². The normalized spacial score (nSPS) is 33.8. The smallest absolute Gasteiger partial charge is 0.264 e. The van der Waals surface area contributed by atoms with E-state index in [9.17, 15) is 8.42 Å². The summed E-state index contributed by atoms with van der Waals surface area (Å²) in [5.74, 6) is 1.64. The number of hydrogen-bond acceptors (Lipinski definition) is 6. The van der Waals surface area contributed by atoms with E-state index in [1.165, 1.54) is 19.3 Å². The van der Waals surface area contributed by atoms with Crippen molar-refractivity contribution in [1.29, 1.82) is 0 Å². The number of hydrogen-bond donors (Lipinski definition) is 0. The minimum Gasteiger partial charge on any atom is -0.417 e. The van der Waals surface area contributed by atoms with E-state index in [0.717, 1.165) is 32.1 Å². The topological polar surface area (TPSA) is 74.4 Å². The van der Waals surface area contributed by atoms with Crippen LogP contribution in [-0.4, -0.2) is 63.3 Å². The Kier molecular flexibility index (Phi) is 10.5. The molecule has 1 heterocycles. The van der Waals surface area contributed by atoms with Crippen LogP contribution in [0.1, 0.15) is 80.1 Å². The van der Waals surface area contributed by atoms with Gasteiger partial charge in [0.15, 0.2) is 0 Å². The van der Waals surface area contributed by atoms with Crippen LogP contribution >= 0.6 is 0 Å². The van der Waals surface area contributed by atoms with Crippen molar-refractivity contribution in [1.82, 2.24) is 0 Å². The van der Waals surface area contributed by atoms with E-state index in [1.807, 2.05) is 0 Å². The highest BCUT2D eigenvalue weighted by molar-refractivity contribution is 7.85. The van der Waals surface area contributed by atoms with Crippen molar-refractivity contribution >= 4 is 28.2 Å². The second kappa shape index (κ2) is 12.3. The summed E-state index contributed by atoms with van der Waals surface area (Å²) in [6.45, 7) is 23.9. The molecule has 2 radical (unpaired) electrons. The number of allylic oxidation sites excluding steroid dienone is 2. The molecular weight excluding hydrogens is 545 g/mol. The Bertz CT molecular complexity index is 953. The molecule has 6 nitrogen and oxygen atoms in total. The molecule has 0 amide bonds. The highest BCUT2D eigenvalue weighted by Gasteiger charge is 2.79. The van der Waals surface area contributed by atoms with Gasteiger partial charge in [0, 0.05) is 6.61 Å². The fraction of sp³-hybridized carbons (Fsp3) is 0.933. The summed E-state index contributed by atoms with van der Waals surface area (Å²) < 4.78 is 48.0. The average Bonchev–Trinajstić information content (AvgIpc) is 3.31. The number of ether oxygens (including phenoxy) is 1. The molecular formula is C30H56O6SSi2. The van der Waals surface area contributed by atoms with E-state index in [2.05, 4.69) is 79.9 Å². The van der Waals surface area contributed by atoms with Crippen LogP contribution in [0.4, 0.5) is 0 Å². The maximum absolute atomic E-state index is 11.8. The molecule has 0 bridgehead atoms. The third-order valence-electron chi connectivity index (χ3n) is 9.13. The number of unbranched alkanes of at least 4 members (excludes halogenated alkanes) is 2. The van der Waals surface area contributed by atoms with Crippen molar-refractivity contribution in [2.24, 2.45) is 34.5 Å². The lowest BCUT2D eigenvalue weighted by molar-refractivity contribution is -0.0135. The van der Waals surface area contributed by atoms with Crippen LogP contribution in [0.2, 0.25) is 26.2 Å². The molecule has 7 atom stereocenters. The Balaban J connectivity index is 1.82. The van der Waals surface area contributed by atoms with Crippen LogP contribution in [0.15, 0.2) is 12.2 Å². The summed E-state index contributed by atoms with van der Waals surface area (Å²) in [6, 6.07) is 0. The molecule has 39 heavy (non-hydrogen) atoms. The Morgan fingerprint density at radius 2 is 1.67 bits per heavy atom. The van der Waals surface area contributed by atoms with E-state index in [4.69, 9.17) is 17.8 Å². The Hall–Kier alpha value is -0.0362. The lowest BCUT2D eigenvalue weighted by Gasteiger charge is -2.35. The lowest BCUT2D eigenvalue weighted by atomic mass is 9.71. The van der Waals surface area contributed by atoms with Gasteiger partial charge in [-0.05, 0) is 86.4 Å². The van der Waals surface area contributed by atoms with Gasteiger partial charge in [-0.2, -0.15) is 8.42 Å². The molecule has 226 valence electrons. The molecule has 0 N–H and O–H groups in total. The molecule has 3 rings (SSSR count). The zero-order chi connectivity index (χ0) is 29.4. The second-order valence-electron chi connectivity index (χ2n) is 15.0. The third kappa shape index (κ3) is 8.29. The van der Waals surface area contributed by atoms with Crippen LogP contribution in [-0.2, 0) is 27.9 Å². The van der Waals surface area contributed by atoms with E-state index < -0.39 is 33.8 Å². The van der Waals surface area contributed by atoms with Crippen molar-refractivity contribution < 1.29 is 26.2 Å². The lowest BCUT2D eigenvalue weighted by Crippen LogP contribution is -2.44. The highest BCUT2D eigenvalue weighted by Crippen LogP contribution is 2.69. The van der Waals surface area contributed by atoms with Gasteiger partial charge in [0.1, 0.15) is 11.7 Å². The molecule has 3 fully saturated rings. The minimum absolute atomic E-state index is 0.0892. The van der Waals surface area contributed by atoms with Gasteiger partial charge in [-0.3, -0.25) is 4.18 Å². The Morgan fingerprint density at radius 1 is 1.00 bits per heavy atom. The Labute approximate surface area is 243 Å². The first-order chi connectivity index (χ1) is 17.8. The van der Waals surface area contributed by atoms with Crippen molar-refractivity contribution in [3.8, 4) is 0 Å². The molecule has 3 aliphatic rings. The molecule has 1 aliphatic heterocycles. The van der Waals surface area contributed by atoms with Gasteiger partial charge in [-0.15, -0.1) is 0 Å². The molecule has 9 heteroatoms. The Morgan fingerprint density at radius 3 is 2.21 bits per heavy atom. The third-order valence-corrected chi connectivity index (χ3v) is 11.2.